The molecule has 1 heterocycles. The predicted octanol–water partition coefficient (Wildman–Crippen LogP) is 4.99. The first kappa shape index (κ1) is 19.5. The summed E-state index contributed by atoms with van der Waals surface area (Å²) in [5.41, 5.74) is 3.04. The Kier molecular flexibility index (Phi) is 5.73. The van der Waals surface area contributed by atoms with Gasteiger partial charge in [-0.2, -0.15) is 0 Å². The van der Waals surface area contributed by atoms with E-state index in [1.165, 1.54) is 11.6 Å². The van der Waals surface area contributed by atoms with Crippen LogP contribution in [0.1, 0.15) is 19.4 Å². The van der Waals surface area contributed by atoms with Gasteiger partial charge in [0, 0.05) is 23.3 Å². The number of ether oxygens (including phenoxy) is 3. The number of rotatable bonds is 6. The van der Waals surface area contributed by atoms with Crippen LogP contribution in [-0.2, 0) is 6.42 Å². The van der Waals surface area contributed by atoms with E-state index in [-0.39, 0.29) is 5.43 Å². The molecule has 0 amide bonds. The Bertz CT molecular complexity index is 1070. The molecule has 1 aromatic heterocycles. The second-order valence-corrected chi connectivity index (χ2v) is 6.65. The van der Waals surface area contributed by atoms with Crippen molar-refractivity contribution in [2.24, 2.45) is 0 Å². The third-order valence-corrected chi connectivity index (χ3v) is 4.55. The average molecular weight is 380 g/mol. The fourth-order valence-electron chi connectivity index (χ4n) is 3.11. The third kappa shape index (κ3) is 3.74. The van der Waals surface area contributed by atoms with Crippen molar-refractivity contribution < 1.29 is 18.6 Å². The van der Waals surface area contributed by atoms with Gasteiger partial charge >= 0.3 is 0 Å². The Balaban J connectivity index is 2.23. The van der Waals surface area contributed by atoms with Crippen molar-refractivity contribution in [3.05, 3.63) is 63.8 Å². The minimum Gasteiger partial charge on any atom is -0.497 e. The van der Waals surface area contributed by atoms with Crippen LogP contribution in [-0.4, -0.2) is 21.3 Å². The maximum atomic E-state index is 12.9. The zero-order chi connectivity index (χ0) is 20.3. The van der Waals surface area contributed by atoms with Gasteiger partial charge in [0.05, 0.1) is 21.3 Å². The Hall–Kier alpha value is -3.21. The predicted molar refractivity (Wildman–Crippen MR) is 111 cm³/mol. The van der Waals surface area contributed by atoms with E-state index in [0.29, 0.717) is 34.6 Å². The normalized spacial score (nSPS) is 10.6. The molecule has 0 fully saturated rings. The molecule has 2 aromatic carbocycles. The first-order chi connectivity index (χ1) is 13.5. The van der Waals surface area contributed by atoms with E-state index in [2.05, 4.69) is 6.08 Å². The second-order valence-electron chi connectivity index (χ2n) is 6.65. The van der Waals surface area contributed by atoms with Gasteiger partial charge in [0.2, 0.25) is 0 Å². The first-order valence-corrected chi connectivity index (χ1v) is 8.98. The number of hydrogen-bond donors (Lipinski definition) is 0. The van der Waals surface area contributed by atoms with Crippen LogP contribution in [0.4, 0.5) is 0 Å². The summed E-state index contributed by atoms with van der Waals surface area (Å²) < 4.78 is 22.4. The smallest absolute Gasteiger partial charge is 0.197 e. The lowest BCUT2D eigenvalue weighted by Crippen LogP contribution is -2.06. The first-order valence-electron chi connectivity index (χ1n) is 8.98. The van der Waals surface area contributed by atoms with Crippen molar-refractivity contribution in [1.82, 2.24) is 0 Å². The zero-order valence-electron chi connectivity index (χ0n) is 16.8. The molecule has 5 heteroatoms. The van der Waals surface area contributed by atoms with E-state index in [0.717, 1.165) is 16.9 Å². The maximum absolute atomic E-state index is 12.9. The Labute approximate surface area is 164 Å². The Morgan fingerprint density at radius 3 is 2.29 bits per heavy atom. The molecule has 146 valence electrons. The molecular formula is C23H24O5. The number of hydrogen-bond acceptors (Lipinski definition) is 5. The Morgan fingerprint density at radius 1 is 1.00 bits per heavy atom. The number of fused-ring (bicyclic) bond motifs is 1. The standard InChI is InChI=1S/C23H24O5/c1-14(2)6-11-17-20(26-4)13-21-22(23(17)27-5)18(24)12-19(28-21)15-7-9-16(25-3)10-8-15/h6-10,12-13H,11H2,1-5H3. The molecule has 0 bridgehead atoms. The SMILES string of the molecule is COc1ccc(-c2cc(=O)c3c(OC)c(CC=C(C)C)c(OC)cc3o2)cc1. The van der Waals surface area contributed by atoms with Gasteiger partial charge in [-0.05, 0) is 44.5 Å². The maximum Gasteiger partial charge on any atom is 0.197 e. The topological polar surface area (TPSA) is 57.9 Å². The Morgan fingerprint density at radius 2 is 1.71 bits per heavy atom. The van der Waals surface area contributed by atoms with E-state index in [9.17, 15) is 4.79 Å². The summed E-state index contributed by atoms with van der Waals surface area (Å²) in [6.07, 6.45) is 2.67. The molecule has 0 saturated carbocycles. The highest BCUT2D eigenvalue weighted by Crippen LogP contribution is 2.37. The van der Waals surface area contributed by atoms with Crippen LogP contribution in [0.3, 0.4) is 0 Å². The monoisotopic (exact) mass is 380 g/mol. The van der Waals surface area contributed by atoms with Gasteiger partial charge in [0.25, 0.3) is 0 Å². The molecule has 0 radical (unpaired) electrons. The summed E-state index contributed by atoms with van der Waals surface area (Å²) in [7, 11) is 4.76. The molecule has 3 rings (SSSR count). The van der Waals surface area contributed by atoms with E-state index >= 15 is 0 Å². The van der Waals surface area contributed by atoms with Crippen LogP contribution in [0.15, 0.2) is 57.3 Å². The van der Waals surface area contributed by atoms with E-state index in [1.807, 2.05) is 38.1 Å². The molecule has 0 aliphatic heterocycles. The van der Waals surface area contributed by atoms with Crippen LogP contribution < -0.4 is 19.6 Å². The lowest BCUT2D eigenvalue weighted by atomic mass is 10.0. The van der Waals surface area contributed by atoms with Crippen LogP contribution >= 0.6 is 0 Å². The van der Waals surface area contributed by atoms with Gasteiger partial charge in [-0.15, -0.1) is 0 Å². The minimum atomic E-state index is -0.162. The molecule has 0 atom stereocenters. The number of allylic oxidation sites excluding steroid dienone is 2. The van der Waals surface area contributed by atoms with Crippen molar-refractivity contribution in [3.63, 3.8) is 0 Å². The van der Waals surface area contributed by atoms with Crippen LogP contribution in [0.2, 0.25) is 0 Å². The lowest BCUT2D eigenvalue weighted by molar-refractivity contribution is 0.389. The van der Waals surface area contributed by atoms with Crippen molar-refractivity contribution in [1.29, 1.82) is 0 Å². The van der Waals surface area contributed by atoms with Crippen LogP contribution in [0, 0.1) is 0 Å². The molecule has 0 N–H and O–H groups in total. The van der Waals surface area contributed by atoms with Gasteiger partial charge in [0.15, 0.2) is 5.43 Å². The molecule has 0 aliphatic rings. The molecule has 3 aromatic rings. The summed E-state index contributed by atoms with van der Waals surface area (Å²) in [6.45, 7) is 4.05. The molecule has 28 heavy (non-hydrogen) atoms. The van der Waals surface area contributed by atoms with Crippen molar-refractivity contribution in [2.75, 3.05) is 21.3 Å². The fraction of sp³-hybridized carbons (Fsp3) is 0.261. The molecule has 0 saturated heterocycles. The van der Waals surface area contributed by atoms with Crippen molar-refractivity contribution in [3.8, 4) is 28.6 Å². The van der Waals surface area contributed by atoms with Crippen molar-refractivity contribution >= 4 is 11.0 Å². The molecule has 5 nitrogen and oxygen atoms in total. The quantitative estimate of drug-likeness (QED) is 0.564. The largest absolute Gasteiger partial charge is 0.497 e. The molecule has 0 spiro atoms. The average Bonchev–Trinajstić information content (AvgIpc) is 2.70. The summed E-state index contributed by atoms with van der Waals surface area (Å²) >= 11 is 0. The highest BCUT2D eigenvalue weighted by Gasteiger charge is 2.19. The summed E-state index contributed by atoms with van der Waals surface area (Å²) in [6, 6.07) is 10.6. The zero-order valence-corrected chi connectivity index (χ0v) is 16.8. The summed E-state index contributed by atoms with van der Waals surface area (Å²) in [5.74, 6) is 2.32. The van der Waals surface area contributed by atoms with Gasteiger partial charge in [0.1, 0.15) is 34.0 Å². The van der Waals surface area contributed by atoms with E-state index in [4.69, 9.17) is 18.6 Å². The third-order valence-electron chi connectivity index (χ3n) is 4.55. The van der Waals surface area contributed by atoms with Crippen LogP contribution in [0.5, 0.6) is 17.2 Å². The minimum absolute atomic E-state index is 0.162. The van der Waals surface area contributed by atoms with Gasteiger partial charge in [-0.3, -0.25) is 4.79 Å². The van der Waals surface area contributed by atoms with Crippen molar-refractivity contribution in [2.45, 2.75) is 20.3 Å². The summed E-state index contributed by atoms with van der Waals surface area (Å²) in [4.78, 5) is 12.9. The van der Waals surface area contributed by atoms with Gasteiger partial charge in [-0.25, -0.2) is 0 Å². The van der Waals surface area contributed by atoms with E-state index in [1.54, 1.807) is 27.4 Å². The second kappa shape index (κ2) is 8.21. The van der Waals surface area contributed by atoms with Crippen LogP contribution in [0.25, 0.3) is 22.3 Å². The summed E-state index contributed by atoms with van der Waals surface area (Å²) in [5, 5.41) is 0.415. The van der Waals surface area contributed by atoms with E-state index < -0.39 is 0 Å². The van der Waals surface area contributed by atoms with Gasteiger partial charge in [-0.1, -0.05) is 11.6 Å². The number of methoxy groups -OCH3 is 3. The molecule has 0 unspecified atom stereocenters. The molecular weight excluding hydrogens is 356 g/mol. The lowest BCUT2D eigenvalue weighted by Gasteiger charge is -2.15. The highest BCUT2D eigenvalue weighted by atomic mass is 16.5. The van der Waals surface area contributed by atoms with Gasteiger partial charge < -0.3 is 18.6 Å². The fourth-order valence-corrected chi connectivity index (χ4v) is 3.11. The molecule has 0 aliphatic carbocycles. The number of benzene rings is 2. The highest BCUT2D eigenvalue weighted by molar-refractivity contribution is 5.88.